The van der Waals surface area contributed by atoms with Gasteiger partial charge in [-0.15, -0.1) is 5.10 Å². The van der Waals surface area contributed by atoms with Crippen LogP contribution in [-0.2, 0) is 6.54 Å². The molecule has 2 unspecified atom stereocenters. The first-order valence-electron chi connectivity index (χ1n) is 5.95. The van der Waals surface area contributed by atoms with E-state index < -0.39 is 0 Å². The van der Waals surface area contributed by atoms with E-state index in [9.17, 15) is 0 Å². The Hall–Kier alpha value is -0.680. The Balaban J connectivity index is 1.96. The third-order valence-electron chi connectivity index (χ3n) is 3.62. The fraction of sp³-hybridized carbons (Fsp3) is 0.818. The van der Waals surface area contributed by atoms with E-state index in [-0.39, 0.29) is 0 Å². The van der Waals surface area contributed by atoms with Crippen LogP contribution in [0.25, 0.3) is 0 Å². The molecular formula is C11H20N4S. The van der Waals surface area contributed by atoms with Crippen molar-refractivity contribution in [2.45, 2.75) is 45.2 Å². The van der Waals surface area contributed by atoms with E-state index in [1.807, 2.05) is 0 Å². The van der Waals surface area contributed by atoms with Gasteiger partial charge in [0.05, 0.1) is 0 Å². The maximum atomic E-state index is 5.82. The summed E-state index contributed by atoms with van der Waals surface area (Å²) in [5.74, 6) is 0.784. The summed E-state index contributed by atoms with van der Waals surface area (Å²) in [4.78, 5) is 2.39. The zero-order chi connectivity index (χ0) is 11.5. The number of aromatic nitrogens is 2. The van der Waals surface area contributed by atoms with Gasteiger partial charge >= 0.3 is 0 Å². The molecular weight excluding hydrogens is 220 g/mol. The van der Waals surface area contributed by atoms with Gasteiger partial charge in [-0.2, -0.15) is 0 Å². The Morgan fingerprint density at radius 2 is 2.19 bits per heavy atom. The molecule has 90 valence electrons. The van der Waals surface area contributed by atoms with Crippen LogP contribution in [0, 0.1) is 5.92 Å². The summed E-state index contributed by atoms with van der Waals surface area (Å²) < 4.78 is 3.88. The Kier molecular flexibility index (Phi) is 3.76. The molecule has 0 saturated heterocycles. The third-order valence-corrected chi connectivity index (χ3v) is 4.21. The highest BCUT2D eigenvalue weighted by atomic mass is 32.1. The summed E-state index contributed by atoms with van der Waals surface area (Å²) >= 11 is 1.28. The molecule has 2 atom stereocenters. The third kappa shape index (κ3) is 2.52. The van der Waals surface area contributed by atoms with Gasteiger partial charge in [-0.3, -0.25) is 4.90 Å². The van der Waals surface area contributed by atoms with E-state index in [4.69, 9.17) is 5.73 Å². The lowest BCUT2D eigenvalue weighted by Crippen LogP contribution is -2.38. The number of rotatable bonds is 3. The monoisotopic (exact) mass is 240 g/mol. The molecule has 0 bridgehead atoms. The van der Waals surface area contributed by atoms with Crippen molar-refractivity contribution in [1.82, 2.24) is 14.5 Å². The first-order chi connectivity index (χ1) is 7.68. The van der Waals surface area contributed by atoms with Crippen LogP contribution in [-0.4, -0.2) is 27.6 Å². The number of nitrogen functional groups attached to an aromatic ring is 1. The molecule has 1 aromatic rings. The molecule has 16 heavy (non-hydrogen) atoms. The highest BCUT2D eigenvalue weighted by Crippen LogP contribution is 2.28. The first kappa shape index (κ1) is 11.8. The summed E-state index contributed by atoms with van der Waals surface area (Å²) in [6, 6.07) is 0.676. The van der Waals surface area contributed by atoms with Crippen LogP contribution in [0.4, 0.5) is 5.00 Å². The summed E-state index contributed by atoms with van der Waals surface area (Å²) in [5, 5.41) is 4.84. The summed E-state index contributed by atoms with van der Waals surface area (Å²) in [7, 11) is 2.17. The smallest absolute Gasteiger partial charge is 0.132 e. The molecule has 0 radical (unpaired) electrons. The molecule has 1 heterocycles. The number of hydrogen-bond donors (Lipinski definition) is 1. The molecule has 1 fully saturated rings. The van der Waals surface area contributed by atoms with E-state index in [0.717, 1.165) is 23.2 Å². The highest BCUT2D eigenvalue weighted by molar-refractivity contribution is 7.09. The molecule has 0 amide bonds. The molecule has 1 aromatic heterocycles. The molecule has 0 spiro atoms. The molecule has 4 nitrogen and oxygen atoms in total. The van der Waals surface area contributed by atoms with E-state index in [1.54, 1.807) is 0 Å². The molecule has 2 rings (SSSR count). The lowest BCUT2D eigenvalue weighted by molar-refractivity contribution is 0.132. The average Bonchev–Trinajstić information content (AvgIpc) is 2.65. The minimum Gasteiger partial charge on any atom is -0.388 e. The van der Waals surface area contributed by atoms with Crippen molar-refractivity contribution in [2.24, 2.45) is 5.92 Å². The average molecular weight is 240 g/mol. The van der Waals surface area contributed by atoms with Gasteiger partial charge in [-0.25, -0.2) is 0 Å². The number of nitrogens with zero attached hydrogens (tertiary/aromatic N) is 3. The van der Waals surface area contributed by atoms with Crippen LogP contribution in [0.2, 0.25) is 0 Å². The van der Waals surface area contributed by atoms with Crippen LogP contribution in [0.15, 0.2) is 0 Å². The minimum atomic E-state index is 0.676. The Morgan fingerprint density at radius 3 is 2.81 bits per heavy atom. The van der Waals surface area contributed by atoms with Gasteiger partial charge in [-0.1, -0.05) is 24.3 Å². The summed E-state index contributed by atoms with van der Waals surface area (Å²) in [6.07, 6.45) is 5.38. The number of anilines is 1. The van der Waals surface area contributed by atoms with E-state index >= 15 is 0 Å². The maximum absolute atomic E-state index is 5.82. The molecule has 5 heteroatoms. The van der Waals surface area contributed by atoms with E-state index in [0.29, 0.717) is 6.04 Å². The van der Waals surface area contributed by atoms with Gasteiger partial charge in [0.1, 0.15) is 10.7 Å². The molecule has 2 N–H and O–H groups in total. The second-order valence-electron chi connectivity index (χ2n) is 4.83. The second-order valence-corrected chi connectivity index (χ2v) is 5.61. The largest absolute Gasteiger partial charge is 0.388 e. The van der Waals surface area contributed by atoms with Crippen molar-refractivity contribution >= 4 is 16.5 Å². The fourth-order valence-electron chi connectivity index (χ4n) is 2.63. The molecule has 1 aliphatic rings. The number of hydrogen-bond acceptors (Lipinski definition) is 5. The standard InChI is InChI=1S/C11H20N4S/c1-8-5-3-4-6-10(8)15(2)7-9-11(12)16-14-13-9/h8,10H,3-7,12H2,1-2H3. The zero-order valence-electron chi connectivity index (χ0n) is 10.0. The SMILES string of the molecule is CC1CCCCC1N(C)Cc1nnsc1N. The van der Waals surface area contributed by atoms with E-state index in [1.165, 1.54) is 37.2 Å². The highest BCUT2D eigenvalue weighted by Gasteiger charge is 2.25. The lowest BCUT2D eigenvalue weighted by Gasteiger charge is -2.35. The first-order valence-corrected chi connectivity index (χ1v) is 6.72. The predicted molar refractivity (Wildman–Crippen MR) is 67.2 cm³/mol. The van der Waals surface area contributed by atoms with Crippen LogP contribution in [0.5, 0.6) is 0 Å². The van der Waals surface area contributed by atoms with Crippen LogP contribution in [0.1, 0.15) is 38.3 Å². The van der Waals surface area contributed by atoms with Gasteiger partial charge < -0.3 is 5.73 Å². The van der Waals surface area contributed by atoms with Crippen molar-refractivity contribution in [2.75, 3.05) is 12.8 Å². The zero-order valence-corrected chi connectivity index (χ0v) is 10.8. The topological polar surface area (TPSA) is 55.0 Å². The Morgan fingerprint density at radius 1 is 1.44 bits per heavy atom. The summed E-state index contributed by atoms with van der Waals surface area (Å²) in [6.45, 7) is 3.18. The fourth-order valence-corrected chi connectivity index (χ4v) is 3.07. The van der Waals surface area contributed by atoms with Crippen molar-refractivity contribution in [1.29, 1.82) is 0 Å². The maximum Gasteiger partial charge on any atom is 0.132 e. The van der Waals surface area contributed by atoms with Gasteiger partial charge in [0.15, 0.2) is 0 Å². The van der Waals surface area contributed by atoms with Gasteiger partial charge in [0, 0.05) is 24.1 Å². The van der Waals surface area contributed by atoms with Crippen LogP contribution < -0.4 is 5.73 Å². The van der Waals surface area contributed by atoms with Crippen molar-refractivity contribution in [3.63, 3.8) is 0 Å². The van der Waals surface area contributed by atoms with Crippen molar-refractivity contribution in [3.05, 3.63) is 5.69 Å². The molecule has 0 aliphatic heterocycles. The lowest BCUT2D eigenvalue weighted by atomic mass is 9.85. The predicted octanol–water partition coefficient (Wildman–Crippen LogP) is 2.13. The molecule has 1 saturated carbocycles. The molecule has 0 aromatic carbocycles. The Bertz CT molecular complexity index is 338. The second kappa shape index (κ2) is 5.10. The normalized spacial score (nSPS) is 26.2. The Labute approximate surface area is 101 Å². The quantitative estimate of drug-likeness (QED) is 0.879. The minimum absolute atomic E-state index is 0.676. The molecule has 1 aliphatic carbocycles. The van der Waals surface area contributed by atoms with Crippen LogP contribution >= 0.6 is 11.5 Å². The van der Waals surface area contributed by atoms with Gasteiger partial charge in [0.2, 0.25) is 0 Å². The van der Waals surface area contributed by atoms with Crippen LogP contribution in [0.3, 0.4) is 0 Å². The van der Waals surface area contributed by atoms with Crippen molar-refractivity contribution in [3.8, 4) is 0 Å². The van der Waals surface area contributed by atoms with Gasteiger partial charge in [0.25, 0.3) is 0 Å². The van der Waals surface area contributed by atoms with Gasteiger partial charge in [-0.05, 0) is 25.8 Å². The number of nitrogens with two attached hydrogens (primary N) is 1. The van der Waals surface area contributed by atoms with Crippen molar-refractivity contribution < 1.29 is 0 Å². The summed E-state index contributed by atoms with van der Waals surface area (Å²) in [5.41, 5.74) is 6.76. The van der Waals surface area contributed by atoms with E-state index in [2.05, 4.69) is 28.5 Å².